The number of aromatic nitrogens is 2. The molecule has 2 aromatic heterocycles. The monoisotopic (exact) mass is 431 g/mol. The van der Waals surface area contributed by atoms with Crippen LogP contribution in [0.2, 0.25) is 0 Å². The smallest absolute Gasteiger partial charge is 0.171 e. The van der Waals surface area contributed by atoms with Crippen LogP contribution in [-0.4, -0.2) is 35.3 Å². The third-order valence-corrected chi connectivity index (χ3v) is 6.82. The molecular weight excluding hydrogens is 405 g/mol. The summed E-state index contributed by atoms with van der Waals surface area (Å²) in [7, 11) is 0. The average Bonchev–Trinajstić information content (AvgIpc) is 3.43. The van der Waals surface area contributed by atoms with Gasteiger partial charge in [0.2, 0.25) is 0 Å². The maximum atomic E-state index is 13.8. The summed E-state index contributed by atoms with van der Waals surface area (Å²) < 4.78 is 26.1. The van der Waals surface area contributed by atoms with Crippen molar-refractivity contribution in [3.63, 3.8) is 0 Å². The van der Waals surface area contributed by atoms with Crippen molar-refractivity contribution in [2.75, 3.05) is 13.2 Å². The van der Waals surface area contributed by atoms with Crippen LogP contribution >= 0.6 is 0 Å². The van der Waals surface area contributed by atoms with E-state index in [1.807, 2.05) is 37.4 Å². The summed E-state index contributed by atoms with van der Waals surface area (Å²) in [6.45, 7) is 3.25. The maximum Gasteiger partial charge on any atom is 0.171 e. The molecule has 32 heavy (non-hydrogen) atoms. The molecule has 1 saturated carbocycles. The van der Waals surface area contributed by atoms with Gasteiger partial charge in [-0.2, -0.15) is 0 Å². The highest BCUT2D eigenvalue weighted by Crippen LogP contribution is 2.40. The van der Waals surface area contributed by atoms with Crippen molar-refractivity contribution in [2.24, 2.45) is 0 Å². The molecule has 2 aromatic carbocycles. The van der Waals surface area contributed by atoms with E-state index >= 15 is 0 Å². The van der Waals surface area contributed by atoms with Gasteiger partial charge >= 0.3 is 0 Å². The van der Waals surface area contributed by atoms with Crippen LogP contribution in [-0.2, 0) is 0 Å². The SMILES string of the molecule is Cc1ccc2c3c(ccc2n1)OC[C@H](CN[C@@H]1CCC(c2c[nH]c4ccc(F)cc24)C1)O3. The summed E-state index contributed by atoms with van der Waals surface area (Å²) >= 11 is 0. The first-order valence-corrected chi connectivity index (χ1v) is 11.3. The molecule has 5 nitrogen and oxygen atoms in total. The number of aromatic amines is 1. The molecule has 6 rings (SSSR count). The van der Waals surface area contributed by atoms with Crippen LogP contribution in [0, 0.1) is 12.7 Å². The number of nitrogens with zero attached hydrogens (tertiary/aromatic N) is 1. The van der Waals surface area contributed by atoms with Crippen LogP contribution in [0.25, 0.3) is 21.8 Å². The number of ether oxygens (including phenoxy) is 2. The van der Waals surface area contributed by atoms with E-state index in [4.69, 9.17) is 9.47 Å². The molecule has 1 unspecified atom stereocenters. The number of aryl methyl sites for hydroxylation is 1. The van der Waals surface area contributed by atoms with Crippen molar-refractivity contribution in [1.82, 2.24) is 15.3 Å². The highest BCUT2D eigenvalue weighted by atomic mass is 19.1. The number of hydrogen-bond donors (Lipinski definition) is 2. The number of H-pyrrole nitrogens is 1. The number of hydrogen-bond acceptors (Lipinski definition) is 4. The zero-order valence-corrected chi connectivity index (χ0v) is 18.0. The van der Waals surface area contributed by atoms with Gasteiger partial charge in [-0.05, 0) is 80.1 Å². The minimum atomic E-state index is -0.182. The van der Waals surface area contributed by atoms with Gasteiger partial charge < -0.3 is 19.8 Å². The van der Waals surface area contributed by atoms with Crippen LogP contribution in [0.4, 0.5) is 4.39 Å². The molecule has 2 N–H and O–H groups in total. The van der Waals surface area contributed by atoms with Gasteiger partial charge in [-0.25, -0.2) is 4.39 Å². The van der Waals surface area contributed by atoms with Crippen molar-refractivity contribution >= 4 is 21.8 Å². The van der Waals surface area contributed by atoms with Gasteiger partial charge in [0.1, 0.15) is 18.5 Å². The van der Waals surface area contributed by atoms with Gasteiger partial charge in [-0.15, -0.1) is 0 Å². The fourth-order valence-corrected chi connectivity index (χ4v) is 5.18. The Labute approximate surface area is 185 Å². The minimum Gasteiger partial charge on any atom is -0.486 e. The van der Waals surface area contributed by atoms with Crippen LogP contribution in [0.3, 0.4) is 0 Å². The Hall–Kier alpha value is -3.12. The number of halogens is 1. The van der Waals surface area contributed by atoms with E-state index in [-0.39, 0.29) is 11.9 Å². The molecule has 3 heterocycles. The quantitative estimate of drug-likeness (QED) is 0.465. The Morgan fingerprint density at radius 3 is 3.00 bits per heavy atom. The lowest BCUT2D eigenvalue weighted by Crippen LogP contribution is -2.41. The molecule has 1 aliphatic heterocycles. The minimum absolute atomic E-state index is 0.0457. The predicted molar refractivity (Wildman–Crippen MR) is 123 cm³/mol. The normalized spacial score (nSPS) is 22.6. The molecule has 0 radical (unpaired) electrons. The average molecular weight is 432 g/mol. The Balaban J connectivity index is 1.12. The van der Waals surface area contributed by atoms with E-state index in [0.29, 0.717) is 18.6 Å². The second-order valence-electron chi connectivity index (χ2n) is 9.01. The number of benzene rings is 2. The summed E-state index contributed by atoms with van der Waals surface area (Å²) in [6, 6.07) is 13.4. The zero-order valence-electron chi connectivity index (χ0n) is 18.0. The van der Waals surface area contributed by atoms with Gasteiger partial charge in [0, 0.05) is 40.8 Å². The van der Waals surface area contributed by atoms with Gasteiger partial charge in [-0.1, -0.05) is 0 Å². The van der Waals surface area contributed by atoms with E-state index in [9.17, 15) is 4.39 Å². The number of nitrogens with one attached hydrogen (secondary N) is 2. The van der Waals surface area contributed by atoms with Crippen LogP contribution in [0.5, 0.6) is 11.5 Å². The van der Waals surface area contributed by atoms with Crippen LogP contribution < -0.4 is 14.8 Å². The standard InChI is InChI=1S/C26H26FN3O2/c1-15-2-6-20-24(30-15)8-9-25-26(20)32-19(14-31-25)12-28-18-5-3-16(10-18)22-13-29-23-7-4-17(27)11-21(22)23/h2,4,6-9,11,13,16,18-19,28-29H,3,5,10,12,14H2,1H3/t16?,18-,19+/m1/s1. The molecule has 4 aromatic rings. The van der Waals surface area contributed by atoms with E-state index in [1.54, 1.807) is 6.07 Å². The Bertz CT molecular complexity index is 1300. The second kappa shape index (κ2) is 7.78. The van der Waals surface area contributed by atoms with E-state index in [1.165, 1.54) is 11.6 Å². The summed E-state index contributed by atoms with van der Waals surface area (Å²) in [5.74, 6) is 1.83. The zero-order chi connectivity index (χ0) is 21.7. The fraction of sp³-hybridized carbons (Fsp3) is 0.346. The van der Waals surface area contributed by atoms with Crippen molar-refractivity contribution in [1.29, 1.82) is 0 Å². The first-order valence-electron chi connectivity index (χ1n) is 11.3. The topological polar surface area (TPSA) is 59.2 Å². The molecule has 1 aliphatic carbocycles. The summed E-state index contributed by atoms with van der Waals surface area (Å²) in [4.78, 5) is 7.89. The van der Waals surface area contributed by atoms with Crippen molar-refractivity contribution < 1.29 is 13.9 Å². The second-order valence-corrected chi connectivity index (χ2v) is 9.01. The molecule has 164 valence electrons. The summed E-state index contributed by atoms with van der Waals surface area (Å²) in [6.07, 6.45) is 5.24. The van der Waals surface area contributed by atoms with Crippen molar-refractivity contribution in [3.05, 3.63) is 65.7 Å². The van der Waals surface area contributed by atoms with Crippen LogP contribution in [0.1, 0.15) is 36.4 Å². The predicted octanol–water partition coefficient (Wildman–Crippen LogP) is 5.23. The van der Waals surface area contributed by atoms with Gasteiger partial charge in [0.25, 0.3) is 0 Å². The first-order chi connectivity index (χ1) is 15.6. The van der Waals surface area contributed by atoms with E-state index in [0.717, 1.165) is 64.8 Å². The third-order valence-electron chi connectivity index (χ3n) is 6.82. The summed E-state index contributed by atoms with van der Waals surface area (Å²) in [5, 5.41) is 5.68. The lowest BCUT2D eigenvalue weighted by molar-refractivity contribution is 0.0902. The van der Waals surface area contributed by atoms with Crippen molar-refractivity contribution in [3.8, 4) is 11.5 Å². The number of rotatable bonds is 4. The molecule has 0 saturated heterocycles. The van der Waals surface area contributed by atoms with Gasteiger partial charge in [0.15, 0.2) is 11.5 Å². The number of pyridine rings is 1. The highest BCUT2D eigenvalue weighted by Gasteiger charge is 2.29. The third kappa shape index (κ3) is 3.48. The Morgan fingerprint density at radius 1 is 1.12 bits per heavy atom. The maximum absolute atomic E-state index is 13.8. The van der Waals surface area contributed by atoms with Crippen molar-refractivity contribution in [2.45, 2.75) is 44.2 Å². The molecular formula is C26H26FN3O2. The molecule has 6 heteroatoms. The Kier molecular flexibility index (Phi) is 4.76. The molecule has 0 amide bonds. The van der Waals surface area contributed by atoms with Gasteiger partial charge in [-0.3, -0.25) is 4.98 Å². The first kappa shape index (κ1) is 19.6. The molecule has 0 spiro atoms. The lowest BCUT2D eigenvalue weighted by atomic mass is 9.97. The highest BCUT2D eigenvalue weighted by molar-refractivity contribution is 5.88. The van der Waals surface area contributed by atoms with Gasteiger partial charge in [0.05, 0.1) is 5.52 Å². The van der Waals surface area contributed by atoms with E-state index < -0.39 is 0 Å². The molecule has 1 fully saturated rings. The molecule has 2 aliphatic rings. The number of fused-ring (bicyclic) bond motifs is 4. The fourth-order valence-electron chi connectivity index (χ4n) is 5.18. The summed E-state index contributed by atoms with van der Waals surface area (Å²) in [5.41, 5.74) is 4.14. The molecule has 0 bridgehead atoms. The largest absolute Gasteiger partial charge is 0.486 e. The molecule has 3 atom stereocenters. The van der Waals surface area contributed by atoms with E-state index in [2.05, 4.69) is 21.4 Å². The van der Waals surface area contributed by atoms with Crippen LogP contribution in [0.15, 0.2) is 48.7 Å². The lowest BCUT2D eigenvalue weighted by Gasteiger charge is -2.28. The Morgan fingerprint density at radius 2 is 2.06 bits per heavy atom.